The fraction of sp³-hybridized carbons (Fsp3) is 0.364. The second-order valence-corrected chi connectivity index (χ2v) is 5.50. The van der Waals surface area contributed by atoms with Crippen molar-refractivity contribution in [1.29, 1.82) is 0 Å². The molecule has 1 aromatic rings. The van der Waals surface area contributed by atoms with Gasteiger partial charge in [-0.25, -0.2) is 8.42 Å². The lowest BCUT2D eigenvalue weighted by Crippen LogP contribution is -2.39. The number of nitro benzene ring substituents is 1. The molecule has 0 aliphatic carbocycles. The number of benzene rings is 1. The molecule has 9 heteroatoms. The molecule has 0 unspecified atom stereocenters. The highest BCUT2D eigenvalue weighted by Crippen LogP contribution is 2.22. The van der Waals surface area contributed by atoms with Crippen molar-refractivity contribution in [3.8, 4) is 0 Å². The number of carbonyl (C=O) groups excluding carboxylic acids is 1. The van der Waals surface area contributed by atoms with Crippen LogP contribution in [-0.4, -0.2) is 32.0 Å². The molecule has 1 aromatic carbocycles. The molecule has 1 N–H and O–H groups in total. The molecule has 20 heavy (non-hydrogen) atoms. The highest BCUT2D eigenvalue weighted by Gasteiger charge is 2.28. The van der Waals surface area contributed by atoms with Gasteiger partial charge in [-0.15, -0.1) is 0 Å². The number of carbonyl (C=O) groups is 1. The number of hydrogen-bond donors (Lipinski definition) is 1. The molecular weight excluding hydrogens is 288 g/mol. The summed E-state index contributed by atoms with van der Waals surface area (Å²) in [5.74, 6) is -0.755. The number of rotatable bonds is 6. The summed E-state index contributed by atoms with van der Waals surface area (Å²) in [4.78, 5) is 20.9. The fourth-order valence-electron chi connectivity index (χ4n) is 1.45. The molecule has 0 bridgehead atoms. The number of nitrogens with one attached hydrogen (secondary N) is 1. The van der Waals surface area contributed by atoms with Gasteiger partial charge < -0.3 is 4.74 Å². The number of nitrogens with zero attached hydrogens (tertiary/aromatic N) is 1. The fourth-order valence-corrected chi connectivity index (χ4v) is 2.81. The third-order valence-corrected chi connectivity index (χ3v) is 3.91. The van der Waals surface area contributed by atoms with Gasteiger partial charge in [-0.2, -0.15) is 4.72 Å². The molecule has 0 spiro atoms. The molecule has 0 aliphatic heterocycles. The summed E-state index contributed by atoms with van der Waals surface area (Å²) < 4.78 is 30.8. The maximum atomic E-state index is 12.1. The van der Waals surface area contributed by atoms with Crippen LogP contribution in [0.25, 0.3) is 0 Å². The Balaban J connectivity index is 3.06. The minimum atomic E-state index is -4.19. The summed E-state index contributed by atoms with van der Waals surface area (Å²) in [6.45, 7) is 2.99. The van der Waals surface area contributed by atoms with Crippen LogP contribution in [0.2, 0.25) is 0 Å². The van der Waals surface area contributed by atoms with Gasteiger partial charge in [-0.1, -0.05) is 12.1 Å². The minimum absolute atomic E-state index is 0.108. The van der Waals surface area contributed by atoms with E-state index in [1.54, 1.807) is 6.92 Å². The molecule has 0 radical (unpaired) electrons. The Labute approximate surface area is 115 Å². The average molecular weight is 302 g/mol. The molecule has 0 fully saturated rings. The summed E-state index contributed by atoms with van der Waals surface area (Å²) in [7, 11) is -4.19. The molecule has 0 saturated carbocycles. The molecule has 0 amide bonds. The van der Waals surface area contributed by atoms with Crippen LogP contribution in [0.5, 0.6) is 0 Å². The maximum absolute atomic E-state index is 12.1. The summed E-state index contributed by atoms with van der Waals surface area (Å²) in [5, 5.41) is 10.8. The topological polar surface area (TPSA) is 116 Å². The first-order chi connectivity index (χ1) is 9.29. The van der Waals surface area contributed by atoms with Gasteiger partial charge in [0.15, 0.2) is 4.90 Å². The van der Waals surface area contributed by atoms with Crippen LogP contribution in [0.1, 0.15) is 13.8 Å². The van der Waals surface area contributed by atoms with Gasteiger partial charge >= 0.3 is 5.97 Å². The first kappa shape index (κ1) is 16.1. The lowest BCUT2D eigenvalue weighted by Gasteiger charge is -2.13. The second kappa shape index (κ2) is 6.44. The van der Waals surface area contributed by atoms with E-state index in [1.807, 2.05) is 4.72 Å². The van der Waals surface area contributed by atoms with E-state index >= 15 is 0 Å². The molecular formula is C11H14N2O6S. The summed E-state index contributed by atoms with van der Waals surface area (Å²) in [6.07, 6.45) is 0. The average Bonchev–Trinajstić information content (AvgIpc) is 2.38. The van der Waals surface area contributed by atoms with Crippen LogP contribution < -0.4 is 4.72 Å². The van der Waals surface area contributed by atoms with Gasteiger partial charge in [0.2, 0.25) is 10.0 Å². The maximum Gasteiger partial charge on any atom is 0.323 e. The standard InChI is InChI=1S/C11H14N2O6S/c1-3-19-11(14)8(2)12-20(17,18)10-7-5-4-6-9(10)13(15)16/h4-8,12H,3H2,1-2H3/t8-/m1/s1. The Morgan fingerprint density at radius 3 is 2.60 bits per heavy atom. The molecule has 0 saturated heterocycles. The lowest BCUT2D eigenvalue weighted by molar-refractivity contribution is -0.387. The lowest BCUT2D eigenvalue weighted by atomic mass is 10.3. The van der Waals surface area contributed by atoms with E-state index in [1.165, 1.54) is 19.1 Å². The van der Waals surface area contributed by atoms with E-state index in [9.17, 15) is 23.3 Å². The van der Waals surface area contributed by atoms with Gasteiger partial charge in [0.05, 0.1) is 11.5 Å². The third-order valence-electron chi connectivity index (χ3n) is 2.32. The molecule has 110 valence electrons. The Bertz CT molecular complexity index is 613. The predicted octanol–water partition coefficient (Wildman–Crippen LogP) is 0.825. The van der Waals surface area contributed by atoms with Gasteiger partial charge in [-0.3, -0.25) is 14.9 Å². The Morgan fingerprint density at radius 1 is 1.45 bits per heavy atom. The van der Waals surface area contributed by atoms with E-state index in [2.05, 4.69) is 4.74 Å². The van der Waals surface area contributed by atoms with Gasteiger partial charge in [0.25, 0.3) is 5.69 Å². The summed E-state index contributed by atoms with van der Waals surface area (Å²) in [6, 6.07) is 3.74. The zero-order valence-electron chi connectivity index (χ0n) is 10.9. The number of para-hydroxylation sites is 1. The SMILES string of the molecule is CCOC(=O)[C@@H](C)NS(=O)(=O)c1ccccc1[N+](=O)[O-]. The summed E-state index contributed by atoms with van der Waals surface area (Å²) >= 11 is 0. The normalized spacial score (nSPS) is 12.7. The Kier molecular flexibility index (Phi) is 5.17. The van der Waals surface area contributed by atoms with Crippen molar-refractivity contribution in [1.82, 2.24) is 4.72 Å². The highest BCUT2D eigenvalue weighted by atomic mass is 32.2. The largest absolute Gasteiger partial charge is 0.465 e. The van der Waals surface area contributed by atoms with Crippen LogP contribution >= 0.6 is 0 Å². The smallest absolute Gasteiger partial charge is 0.323 e. The highest BCUT2D eigenvalue weighted by molar-refractivity contribution is 7.89. The van der Waals surface area contributed by atoms with Crippen molar-refractivity contribution >= 4 is 21.7 Å². The van der Waals surface area contributed by atoms with Crippen molar-refractivity contribution in [2.45, 2.75) is 24.8 Å². The van der Waals surface area contributed by atoms with Crippen LogP contribution in [-0.2, 0) is 19.6 Å². The zero-order chi connectivity index (χ0) is 15.3. The van der Waals surface area contributed by atoms with Crippen LogP contribution in [0.3, 0.4) is 0 Å². The zero-order valence-corrected chi connectivity index (χ0v) is 11.7. The Hall–Kier alpha value is -2.00. The van der Waals surface area contributed by atoms with E-state index < -0.39 is 37.5 Å². The van der Waals surface area contributed by atoms with E-state index in [-0.39, 0.29) is 6.61 Å². The van der Waals surface area contributed by atoms with Gasteiger partial charge in [0.1, 0.15) is 6.04 Å². The van der Waals surface area contributed by atoms with E-state index in [0.717, 1.165) is 12.1 Å². The molecule has 0 aliphatic rings. The number of nitro groups is 1. The monoisotopic (exact) mass is 302 g/mol. The van der Waals surface area contributed by atoms with Crippen LogP contribution in [0, 0.1) is 10.1 Å². The Morgan fingerprint density at radius 2 is 2.05 bits per heavy atom. The second-order valence-electron chi connectivity index (χ2n) is 3.82. The third kappa shape index (κ3) is 3.75. The quantitative estimate of drug-likeness (QED) is 0.472. The molecule has 8 nitrogen and oxygen atoms in total. The van der Waals surface area contributed by atoms with Crippen molar-refractivity contribution in [2.75, 3.05) is 6.61 Å². The van der Waals surface area contributed by atoms with Crippen molar-refractivity contribution in [3.05, 3.63) is 34.4 Å². The van der Waals surface area contributed by atoms with E-state index in [4.69, 9.17) is 0 Å². The number of esters is 1. The number of ether oxygens (including phenoxy) is 1. The van der Waals surface area contributed by atoms with Crippen molar-refractivity contribution in [3.63, 3.8) is 0 Å². The van der Waals surface area contributed by atoms with Crippen molar-refractivity contribution in [2.24, 2.45) is 0 Å². The van der Waals surface area contributed by atoms with Gasteiger partial charge in [0, 0.05) is 6.07 Å². The molecule has 1 atom stereocenters. The molecule has 0 heterocycles. The predicted molar refractivity (Wildman–Crippen MR) is 69.5 cm³/mol. The van der Waals surface area contributed by atoms with Crippen LogP contribution in [0.15, 0.2) is 29.2 Å². The number of sulfonamides is 1. The van der Waals surface area contributed by atoms with Crippen molar-refractivity contribution < 1.29 is 22.9 Å². The molecule has 1 rings (SSSR count). The minimum Gasteiger partial charge on any atom is -0.465 e. The first-order valence-electron chi connectivity index (χ1n) is 5.72. The van der Waals surface area contributed by atoms with E-state index in [0.29, 0.717) is 0 Å². The first-order valence-corrected chi connectivity index (χ1v) is 7.20. The van der Waals surface area contributed by atoms with Gasteiger partial charge in [-0.05, 0) is 19.9 Å². The molecule has 0 aromatic heterocycles. The summed E-state index contributed by atoms with van der Waals surface area (Å²) in [5.41, 5.74) is -0.559. The number of hydrogen-bond acceptors (Lipinski definition) is 6. The van der Waals surface area contributed by atoms with Crippen LogP contribution in [0.4, 0.5) is 5.69 Å².